The third-order valence-corrected chi connectivity index (χ3v) is 3.20. The van der Waals surface area contributed by atoms with Crippen molar-refractivity contribution in [3.8, 4) is 5.75 Å². The van der Waals surface area contributed by atoms with Gasteiger partial charge in [-0.25, -0.2) is 4.52 Å². The monoisotopic (exact) mass is 335 g/mol. The number of fused-ring (bicyclic) bond motifs is 1. The van der Waals surface area contributed by atoms with E-state index in [1.165, 1.54) is 12.1 Å². The lowest BCUT2D eigenvalue weighted by molar-refractivity contribution is -0.274. The number of nitrogens with zero attached hydrogens (tertiary/aromatic N) is 2. The number of nitrogens with one attached hydrogen (secondary N) is 1. The van der Waals surface area contributed by atoms with Crippen LogP contribution in [0.5, 0.6) is 5.75 Å². The number of carbonyl (C=O) groups is 1. The van der Waals surface area contributed by atoms with E-state index in [-0.39, 0.29) is 17.9 Å². The average molecular weight is 335 g/mol. The number of pyridine rings is 1. The van der Waals surface area contributed by atoms with Crippen molar-refractivity contribution in [3.05, 3.63) is 66.0 Å². The first-order chi connectivity index (χ1) is 11.4. The minimum absolute atomic E-state index is 0.210. The zero-order valence-electron chi connectivity index (χ0n) is 12.2. The molecule has 1 N–H and O–H groups in total. The van der Waals surface area contributed by atoms with Gasteiger partial charge in [-0.15, -0.1) is 13.2 Å². The lowest BCUT2D eigenvalue weighted by atomic mass is 10.2. The number of alkyl halides is 3. The molecule has 1 amide bonds. The molecule has 0 radical (unpaired) electrons. The van der Waals surface area contributed by atoms with Gasteiger partial charge in [0.25, 0.3) is 5.91 Å². The van der Waals surface area contributed by atoms with E-state index in [4.69, 9.17) is 0 Å². The molecule has 0 fully saturated rings. The number of halogens is 3. The van der Waals surface area contributed by atoms with E-state index in [9.17, 15) is 18.0 Å². The Kier molecular flexibility index (Phi) is 4.11. The summed E-state index contributed by atoms with van der Waals surface area (Å²) in [6, 6.07) is 12.1. The second kappa shape index (κ2) is 6.23. The van der Waals surface area contributed by atoms with Crippen LogP contribution in [0.1, 0.15) is 16.1 Å². The summed E-state index contributed by atoms with van der Waals surface area (Å²) in [4.78, 5) is 12.0. The second-order valence-electron chi connectivity index (χ2n) is 4.96. The van der Waals surface area contributed by atoms with Crippen molar-refractivity contribution < 1.29 is 22.7 Å². The van der Waals surface area contributed by atoms with Crippen molar-refractivity contribution in [1.82, 2.24) is 14.9 Å². The van der Waals surface area contributed by atoms with Gasteiger partial charge in [0.2, 0.25) is 0 Å². The molecular weight excluding hydrogens is 323 g/mol. The van der Waals surface area contributed by atoms with E-state index >= 15 is 0 Å². The molecule has 0 aliphatic rings. The Balaban J connectivity index is 1.62. The SMILES string of the molecule is O=C(NCc1cc2ccccn2n1)c1ccc(OC(F)(F)F)cc1. The highest BCUT2D eigenvalue weighted by atomic mass is 19.4. The summed E-state index contributed by atoms with van der Waals surface area (Å²) in [5.74, 6) is -0.787. The Morgan fingerprint density at radius 1 is 1.17 bits per heavy atom. The van der Waals surface area contributed by atoms with Gasteiger partial charge >= 0.3 is 6.36 Å². The smallest absolute Gasteiger partial charge is 0.406 e. The molecule has 0 aliphatic heterocycles. The van der Waals surface area contributed by atoms with Gasteiger partial charge in [-0.2, -0.15) is 5.10 Å². The van der Waals surface area contributed by atoms with Gasteiger partial charge in [0.1, 0.15) is 5.75 Å². The largest absolute Gasteiger partial charge is 0.573 e. The van der Waals surface area contributed by atoms with Crippen LogP contribution in [-0.4, -0.2) is 21.9 Å². The zero-order chi connectivity index (χ0) is 17.2. The van der Waals surface area contributed by atoms with Gasteiger partial charge in [-0.05, 0) is 42.5 Å². The number of ether oxygens (including phenoxy) is 1. The van der Waals surface area contributed by atoms with Crippen LogP contribution in [0.25, 0.3) is 5.52 Å². The third kappa shape index (κ3) is 3.83. The fourth-order valence-electron chi connectivity index (χ4n) is 2.16. The molecule has 2 aromatic heterocycles. The Labute approximate surface area is 134 Å². The minimum atomic E-state index is -4.76. The Bertz CT molecular complexity index is 824. The van der Waals surface area contributed by atoms with Crippen molar-refractivity contribution in [2.24, 2.45) is 0 Å². The summed E-state index contributed by atoms with van der Waals surface area (Å²) >= 11 is 0. The highest BCUT2D eigenvalue weighted by Crippen LogP contribution is 2.22. The minimum Gasteiger partial charge on any atom is -0.406 e. The van der Waals surface area contributed by atoms with E-state index in [1.54, 1.807) is 10.7 Å². The molecule has 2 heterocycles. The standard InChI is InChI=1S/C16H12F3N3O2/c17-16(18,19)24-14-6-4-11(5-7-14)15(23)20-10-12-9-13-3-1-2-8-22(13)21-12/h1-9H,10H2,(H,20,23). The van der Waals surface area contributed by atoms with Crippen LogP contribution in [0, 0.1) is 0 Å². The van der Waals surface area contributed by atoms with Crippen molar-refractivity contribution in [1.29, 1.82) is 0 Å². The molecule has 124 valence electrons. The van der Waals surface area contributed by atoms with Crippen molar-refractivity contribution in [2.45, 2.75) is 12.9 Å². The molecule has 1 aromatic carbocycles. The van der Waals surface area contributed by atoms with E-state index in [0.717, 1.165) is 17.6 Å². The maximum atomic E-state index is 12.1. The first-order valence-electron chi connectivity index (χ1n) is 6.98. The molecule has 0 saturated heterocycles. The number of rotatable bonds is 4. The van der Waals surface area contributed by atoms with Gasteiger partial charge in [0.15, 0.2) is 0 Å². The van der Waals surface area contributed by atoms with Gasteiger partial charge < -0.3 is 10.1 Å². The van der Waals surface area contributed by atoms with E-state index in [1.807, 2.05) is 24.3 Å². The van der Waals surface area contributed by atoms with Gasteiger partial charge in [0, 0.05) is 11.8 Å². The average Bonchev–Trinajstić information content (AvgIpc) is 2.94. The van der Waals surface area contributed by atoms with Crippen LogP contribution in [0.2, 0.25) is 0 Å². The predicted molar refractivity (Wildman–Crippen MR) is 79.5 cm³/mol. The number of amides is 1. The second-order valence-corrected chi connectivity index (χ2v) is 4.96. The molecule has 0 spiro atoms. The summed E-state index contributed by atoms with van der Waals surface area (Å²) < 4.78 is 41.7. The number of aromatic nitrogens is 2. The molecular formula is C16H12F3N3O2. The number of benzene rings is 1. The quantitative estimate of drug-likeness (QED) is 0.797. The van der Waals surface area contributed by atoms with Crippen LogP contribution in [0.15, 0.2) is 54.7 Å². The van der Waals surface area contributed by atoms with Crippen molar-refractivity contribution >= 4 is 11.4 Å². The highest BCUT2D eigenvalue weighted by molar-refractivity contribution is 5.94. The van der Waals surface area contributed by atoms with Crippen LogP contribution in [-0.2, 0) is 6.54 Å². The van der Waals surface area contributed by atoms with Crippen LogP contribution >= 0.6 is 0 Å². The molecule has 0 saturated carbocycles. The molecule has 0 bridgehead atoms. The summed E-state index contributed by atoms with van der Waals surface area (Å²) in [6.07, 6.45) is -2.97. The molecule has 0 unspecified atom stereocenters. The Morgan fingerprint density at radius 2 is 1.92 bits per heavy atom. The third-order valence-electron chi connectivity index (χ3n) is 3.20. The van der Waals surface area contributed by atoms with E-state index < -0.39 is 12.3 Å². The van der Waals surface area contributed by atoms with Gasteiger partial charge in [0.05, 0.1) is 17.8 Å². The van der Waals surface area contributed by atoms with Crippen LogP contribution in [0.4, 0.5) is 13.2 Å². The molecule has 8 heteroatoms. The number of hydrogen-bond acceptors (Lipinski definition) is 3. The lowest BCUT2D eigenvalue weighted by Crippen LogP contribution is -2.23. The Morgan fingerprint density at radius 3 is 2.58 bits per heavy atom. The summed E-state index contributed by atoms with van der Waals surface area (Å²) in [6.45, 7) is 0.210. The molecule has 24 heavy (non-hydrogen) atoms. The zero-order valence-corrected chi connectivity index (χ0v) is 12.2. The molecule has 0 atom stereocenters. The summed E-state index contributed by atoms with van der Waals surface area (Å²) in [5.41, 5.74) is 1.80. The predicted octanol–water partition coefficient (Wildman–Crippen LogP) is 3.16. The maximum absolute atomic E-state index is 12.1. The topological polar surface area (TPSA) is 55.6 Å². The molecule has 3 aromatic rings. The molecule has 3 rings (SSSR count). The van der Waals surface area contributed by atoms with Gasteiger partial charge in [-0.1, -0.05) is 6.07 Å². The van der Waals surface area contributed by atoms with Crippen molar-refractivity contribution in [2.75, 3.05) is 0 Å². The number of carbonyl (C=O) groups excluding carboxylic acids is 1. The maximum Gasteiger partial charge on any atom is 0.573 e. The van der Waals surface area contributed by atoms with E-state index in [0.29, 0.717) is 5.69 Å². The molecule has 0 aliphatic carbocycles. The first kappa shape index (κ1) is 15.9. The van der Waals surface area contributed by atoms with E-state index in [2.05, 4.69) is 15.2 Å². The Hall–Kier alpha value is -3.03. The van der Waals surface area contributed by atoms with Crippen LogP contribution in [0.3, 0.4) is 0 Å². The summed E-state index contributed by atoms with van der Waals surface area (Å²) in [7, 11) is 0. The van der Waals surface area contributed by atoms with Gasteiger partial charge in [-0.3, -0.25) is 4.79 Å². The highest BCUT2D eigenvalue weighted by Gasteiger charge is 2.31. The normalized spacial score (nSPS) is 11.5. The number of hydrogen-bond donors (Lipinski definition) is 1. The summed E-state index contributed by atoms with van der Waals surface area (Å²) in [5, 5.41) is 6.96. The van der Waals surface area contributed by atoms with Crippen molar-refractivity contribution in [3.63, 3.8) is 0 Å². The first-order valence-corrected chi connectivity index (χ1v) is 6.98. The van der Waals surface area contributed by atoms with Crippen LogP contribution < -0.4 is 10.1 Å². The fourth-order valence-corrected chi connectivity index (χ4v) is 2.16. The fraction of sp³-hybridized carbons (Fsp3) is 0.125. The molecule has 5 nitrogen and oxygen atoms in total. The lowest BCUT2D eigenvalue weighted by Gasteiger charge is -2.09.